The van der Waals surface area contributed by atoms with Gasteiger partial charge in [-0.25, -0.2) is 4.68 Å². The number of nitrogens with zero attached hydrogens (tertiary/aromatic N) is 4. The minimum absolute atomic E-state index is 0.144. The van der Waals surface area contributed by atoms with E-state index in [0.717, 1.165) is 17.0 Å². The molecular weight excluding hydrogens is 306 g/mol. The van der Waals surface area contributed by atoms with Crippen molar-refractivity contribution in [1.29, 1.82) is 0 Å². The fraction of sp³-hybridized carbons (Fsp3) is 0.235. The van der Waals surface area contributed by atoms with Gasteiger partial charge in [-0.3, -0.25) is 9.48 Å². The molecule has 0 bridgehead atoms. The molecule has 0 atom stereocenters. The van der Waals surface area contributed by atoms with Crippen LogP contribution in [0.3, 0.4) is 0 Å². The van der Waals surface area contributed by atoms with Crippen molar-refractivity contribution in [3.05, 3.63) is 60.0 Å². The Morgan fingerprint density at radius 2 is 2.08 bits per heavy atom. The molecule has 1 amide bonds. The van der Waals surface area contributed by atoms with Gasteiger partial charge in [0, 0.05) is 18.5 Å². The number of carbonyl (C=O) groups is 1. The van der Waals surface area contributed by atoms with E-state index < -0.39 is 0 Å². The van der Waals surface area contributed by atoms with Crippen molar-refractivity contribution in [2.45, 2.75) is 20.0 Å². The molecule has 7 nitrogen and oxygen atoms in total. The van der Waals surface area contributed by atoms with E-state index in [-0.39, 0.29) is 12.5 Å². The van der Waals surface area contributed by atoms with Crippen LogP contribution in [0.15, 0.2) is 48.8 Å². The van der Waals surface area contributed by atoms with Gasteiger partial charge in [0.05, 0.1) is 19.3 Å². The average Bonchev–Trinajstić information content (AvgIpc) is 3.18. The fourth-order valence-electron chi connectivity index (χ4n) is 2.39. The van der Waals surface area contributed by atoms with Gasteiger partial charge in [-0.05, 0) is 30.7 Å². The summed E-state index contributed by atoms with van der Waals surface area (Å²) in [4.78, 5) is 12.1. The van der Waals surface area contributed by atoms with E-state index >= 15 is 0 Å². The Hall–Kier alpha value is -3.09. The number of ether oxygens (including phenoxy) is 1. The van der Waals surface area contributed by atoms with Crippen LogP contribution in [0.25, 0.3) is 0 Å². The van der Waals surface area contributed by atoms with Gasteiger partial charge < -0.3 is 10.1 Å². The van der Waals surface area contributed by atoms with E-state index in [1.54, 1.807) is 34.9 Å². The molecule has 0 unspecified atom stereocenters. The number of hydrogen-bond acceptors (Lipinski definition) is 4. The first-order valence-corrected chi connectivity index (χ1v) is 7.59. The molecule has 124 valence electrons. The number of nitrogens with one attached hydrogen (secondary N) is 1. The molecule has 0 fully saturated rings. The Bertz CT molecular complexity index is 806. The summed E-state index contributed by atoms with van der Waals surface area (Å²) in [6.45, 7) is 2.63. The molecule has 2 aromatic heterocycles. The van der Waals surface area contributed by atoms with Gasteiger partial charge in [0.15, 0.2) is 0 Å². The molecule has 0 aliphatic rings. The molecule has 3 rings (SSSR count). The highest BCUT2D eigenvalue weighted by Gasteiger charge is 2.10. The number of hydrogen-bond donors (Lipinski definition) is 1. The second-order valence-electron chi connectivity index (χ2n) is 5.43. The highest BCUT2D eigenvalue weighted by atomic mass is 16.5. The highest BCUT2D eigenvalue weighted by Crippen LogP contribution is 2.16. The zero-order chi connectivity index (χ0) is 16.9. The summed E-state index contributed by atoms with van der Waals surface area (Å²) in [6.07, 6.45) is 3.39. The van der Waals surface area contributed by atoms with E-state index in [2.05, 4.69) is 15.5 Å². The molecule has 0 saturated heterocycles. The third-order valence-corrected chi connectivity index (χ3v) is 3.53. The summed E-state index contributed by atoms with van der Waals surface area (Å²) in [5, 5.41) is 11.4. The van der Waals surface area contributed by atoms with Crippen LogP contribution in [0.1, 0.15) is 11.3 Å². The Kier molecular flexibility index (Phi) is 4.60. The monoisotopic (exact) mass is 325 g/mol. The van der Waals surface area contributed by atoms with E-state index in [9.17, 15) is 4.79 Å². The number of rotatable bonds is 6. The molecule has 0 saturated carbocycles. The average molecular weight is 325 g/mol. The lowest BCUT2D eigenvalue weighted by Crippen LogP contribution is -2.21. The van der Waals surface area contributed by atoms with E-state index in [4.69, 9.17) is 4.74 Å². The number of aromatic nitrogens is 4. The Morgan fingerprint density at radius 3 is 2.75 bits per heavy atom. The highest BCUT2D eigenvalue weighted by molar-refractivity contribution is 5.89. The summed E-state index contributed by atoms with van der Waals surface area (Å²) in [5.74, 6) is 1.33. The maximum absolute atomic E-state index is 12.1. The minimum Gasteiger partial charge on any atom is -0.497 e. The summed E-state index contributed by atoms with van der Waals surface area (Å²) in [7, 11) is 1.64. The number of amides is 1. The number of aryl methyl sites for hydroxylation is 1. The molecule has 1 N–H and O–H groups in total. The van der Waals surface area contributed by atoms with E-state index in [1.807, 2.05) is 37.3 Å². The van der Waals surface area contributed by atoms with Crippen LogP contribution in [-0.4, -0.2) is 32.6 Å². The molecule has 0 aliphatic heterocycles. The number of carbonyl (C=O) groups excluding carboxylic acids is 1. The second kappa shape index (κ2) is 6.99. The maximum Gasteiger partial charge on any atom is 0.247 e. The van der Waals surface area contributed by atoms with Crippen molar-refractivity contribution >= 4 is 11.7 Å². The molecule has 2 heterocycles. The lowest BCUT2D eigenvalue weighted by molar-refractivity contribution is -0.116. The summed E-state index contributed by atoms with van der Waals surface area (Å²) < 4.78 is 8.51. The van der Waals surface area contributed by atoms with Crippen molar-refractivity contribution in [3.8, 4) is 5.75 Å². The van der Waals surface area contributed by atoms with Crippen molar-refractivity contribution in [2.75, 3.05) is 12.4 Å². The fourth-order valence-corrected chi connectivity index (χ4v) is 2.39. The number of methoxy groups -OCH3 is 1. The number of anilines is 1. The van der Waals surface area contributed by atoms with Crippen LogP contribution >= 0.6 is 0 Å². The topological polar surface area (TPSA) is 74.0 Å². The lowest BCUT2D eigenvalue weighted by atomic mass is 10.2. The van der Waals surface area contributed by atoms with Gasteiger partial charge in [0.2, 0.25) is 5.91 Å². The predicted molar refractivity (Wildman–Crippen MR) is 89.9 cm³/mol. The standard InChI is InChI=1S/C17H19N5O2/c1-13-10-16(19-17(23)12-21-9-3-8-18-21)22(20-13)11-14-4-6-15(24-2)7-5-14/h3-10H,11-12H2,1-2H3,(H,19,23). The van der Waals surface area contributed by atoms with Gasteiger partial charge >= 0.3 is 0 Å². The van der Waals surface area contributed by atoms with Crippen LogP contribution in [0.4, 0.5) is 5.82 Å². The first-order valence-electron chi connectivity index (χ1n) is 7.59. The normalized spacial score (nSPS) is 10.6. The Morgan fingerprint density at radius 1 is 1.29 bits per heavy atom. The first kappa shape index (κ1) is 15.8. The van der Waals surface area contributed by atoms with Crippen molar-refractivity contribution < 1.29 is 9.53 Å². The third kappa shape index (κ3) is 3.81. The molecule has 0 spiro atoms. The smallest absolute Gasteiger partial charge is 0.247 e. The summed E-state index contributed by atoms with van der Waals surface area (Å²) in [5.41, 5.74) is 1.92. The lowest BCUT2D eigenvalue weighted by Gasteiger charge is -2.10. The van der Waals surface area contributed by atoms with Crippen LogP contribution in [0.2, 0.25) is 0 Å². The zero-order valence-corrected chi connectivity index (χ0v) is 13.6. The van der Waals surface area contributed by atoms with Gasteiger partial charge in [0.1, 0.15) is 18.1 Å². The SMILES string of the molecule is COc1ccc(Cn2nc(C)cc2NC(=O)Cn2cccn2)cc1. The molecular formula is C17H19N5O2. The van der Waals surface area contributed by atoms with Crippen molar-refractivity contribution in [1.82, 2.24) is 19.6 Å². The molecule has 0 aliphatic carbocycles. The Labute approximate surface area is 139 Å². The molecule has 3 aromatic rings. The summed E-state index contributed by atoms with van der Waals surface area (Å²) in [6, 6.07) is 11.4. The molecule has 24 heavy (non-hydrogen) atoms. The number of benzene rings is 1. The molecule has 0 radical (unpaired) electrons. The largest absolute Gasteiger partial charge is 0.497 e. The van der Waals surface area contributed by atoms with Crippen molar-refractivity contribution in [3.63, 3.8) is 0 Å². The Balaban J connectivity index is 1.71. The van der Waals surface area contributed by atoms with Crippen LogP contribution in [0, 0.1) is 6.92 Å². The van der Waals surface area contributed by atoms with E-state index in [0.29, 0.717) is 12.4 Å². The van der Waals surface area contributed by atoms with Crippen LogP contribution in [-0.2, 0) is 17.9 Å². The zero-order valence-electron chi connectivity index (χ0n) is 13.6. The van der Waals surface area contributed by atoms with Gasteiger partial charge in [-0.15, -0.1) is 0 Å². The quantitative estimate of drug-likeness (QED) is 0.753. The van der Waals surface area contributed by atoms with Gasteiger partial charge in [-0.2, -0.15) is 10.2 Å². The van der Waals surface area contributed by atoms with Crippen LogP contribution < -0.4 is 10.1 Å². The maximum atomic E-state index is 12.1. The first-order chi connectivity index (χ1) is 11.6. The molecule has 1 aromatic carbocycles. The van der Waals surface area contributed by atoms with Gasteiger partial charge in [0.25, 0.3) is 0 Å². The minimum atomic E-state index is -0.144. The molecule has 7 heteroatoms. The second-order valence-corrected chi connectivity index (χ2v) is 5.43. The van der Waals surface area contributed by atoms with E-state index in [1.165, 1.54) is 0 Å². The van der Waals surface area contributed by atoms with Crippen LogP contribution in [0.5, 0.6) is 5.75 Å². The third-order valence-electron chi connectivity index (χ3n) is 3.53. The predicted octanol–water partition coefficient (Wildman–Crippen LogP) is 2.08. The van der Waals surface area contributed by atoms with Crippen molar-refractivity contribution in [2.24, 2.45) is 0 Å². The van der Waals surface area contributed by atoms with Gasteiger partial charge in [-0.1, -0.05) is 12.1 Å². The summed E-state index contributed by atoms with van der Waals surface area (Å²) >= 11 is 0.